The number of aliphatic hydroxyl groups is 1. The molecule has 7 heteroatoms. The molecule has 0 aliphatic heterocycles. The summed E-state index contributed by atoms with van der Waals surface area (Å²) in [6.07, 6.45) is 7.15. The van der Waals surface area contributed by atoms with Crippen LogP contribution in [-0.4, -0.2) is 37.5 Å². The number of hydrogen-bond donors (Lipinski definition) is 3. The largest absolute Gasteiger partial charge is 0.389 e. The summed E-state index contributed by atoms with van der Waals surface area (Å²) >= 11 is 0. The van der Waals surface area contributed by atoms with E-state index in [0.29, 0.717) is 11.6 Å². The molecule has 1 aliphatic rings. The van der Waals surface area contributed by atoms with Crippen LogP contribution in [0.25, 0.3) is 21.9 Å². The van der Waals surface area contributed by atoms with Crippen molar-refractivity contribution >= 4 is 27.7 Å². The molecular formula is C31H43N3O3S. The lowest BCUT2D eigenvalue weighted by Crippen LogP contribution is -2.38. The van der Waals surface area contributed by atoms with Gasteiger partial charge in [-0.25, -0.2) is 8.93 Å². The van der Waals surface area contributed by atoms with Gasteiger partial charge in [0.25, 0.3) is 5.91 Å². The third kappa shape index (κ3) is 6.74. The number of carbonyl (C=O) groups excluding carboxylic acids is 1. The summed E-state index contributed by atoms with van der Waals surface area (Å²) in [7, 11) is 0.608. The standard InChI is InChI=1S/C31H43N3O3S/c1-30(2,3)33-38(37)28-17-16-23(22-14-10-11-15-24(22)28)25-19-27(29(35)32-20-31(4,5)36)34(6)26(25)18-21-12-8-7-9-13-21/h10-11,14-17,19,21,33,36H,7-9,12-13,18,20H2,1-6H3,(H,32,35). The van der Waals surface area contributed by atoms with Gasteiger partial charge in [-0.05, 0) is 75.4 Å². The fourth-order valence-corrected chi connectivity index (χ4v) is 6.63. The molecule has 4 rings (SSSR count). The van der Waals surface area contributed by atoms with E-state index in [9.17, 15) is 14.1 Å². The smallest absolute Gasteiger partial charge is 0.268 e. The van der Waals surface area contributed by atoms with Crippen molar-refractivity contribution in [2.75, 3.05) is 6.54 Å². The van der Waals surface area contributed by atoms with Gasteiger partial charge in [0.15, 0.2) is 0 Å². The van der Waals surface area contributed by atoms with Gasteiger partial charge in [0.1, 0.15) is 16.7 Å². The number of carbonyl (C=O) groups is 1. The number of hydrogen-bond acceptors (Lipinski definition) is 3. The predicted octanol–water partition coefficient (Wildman–Crippen LogP) is 5.88. The molecule has 3 aromatic rings. The van der Waals surface area contributed by atoms with Gasteiger partial charge >= 0.3 is 0 Å². The predicted molar refractivity (Wildman–Crippen MR) is 157 cm³/mol. The fraction of sp³-hybridized carbons (Fsp3) is 0.516. The van der Waals surface area contributed by atoms with Gasteiger partial charge < -0.3 is 15.0 Å². The van der Waals surface area contributed by atoms with Gasteiger partial charge in [-0.3, -0.25) is 4.79 Å². The van der Waals surface area contributed by atoms with E-state index in [4.69, 9.17) is 0 Å². The molecule has 1 heterocycles. The monoisotopic (exact) mass is 537 g/mol. The first-order valence-corrected chi connectivity index (χ1v) is 14.9. The van der Waals surface area contributed by atoms with Crippen molar-refractivity contribution in [3.63, 3.8) is 0 Å². The Kier molecular flexibility index (Phi) is 8.50. The lowest BCUT2D eigenvalue weighted by atomic mass is 9.84. The van der Waals surface area contributed by atoms with Gasteiger partial charge in [0.2, 0.25) is 0 Å². The average Bonchev–Trinajstić information content (AvgIpc) is 3.16. The zero-order chi connectivity index (χ0) is 27.7. The maximum Gasteiger partial charge on any atom is 0.268 e. The molecule has 1 aliphatic carbocycles. The Balaban J connectivity index is 1.82. The topological polar surface area (TPSA) is 83.4 Å². The van der Waals surface area contributed by atoms with Crippen LogP contribution >= 0.6 is 0 Å². The van der Waals surface area contributed by atoms with Crippen LogP contribution in [0, 0.1) is 5.92 Å². The van der Waals surface area contributed by atoms with E-state index >= 15 is 0 Å². The normalized spacial score (nSPS) is 16.1. The summed E-state index contributed by atoms with van der Waals surface area (Å²) in [5.41, 5.74) is 2.54. The van der Waals surface area contributed by atoms with Crippen molar-refractivity contribution in [1.29, 1.82) is 0 Å². The highest BCUT2D eigenvalue weighted by atomic mass is 32.2. The molecule has 1 aromatic heterocycles. The number of benzene rings is 2. The van der Waals surface area contributed by atoms with Gasteiger partial charge in [-0.1, -0.05) is 62.4 Å². The Morgan fingerprint density at radius 2 is 1.66 bits per heavy atom. The maximum absolute atomic E-state index is 13.3. The van der Waals surface area contributed by atoms with Crippen molar-refractivity contribution < 1.29 is 14.1 Å². The molecule has 0 radical (unpaired) electrons. The lowest BCUT2D eigenvalue weighted by molar-refractivity contribution is 0.0690. The Morgan fingerprint density at radius 1 is 1.00 bits per heavy atom. The first-order chi connectivity index (χ1) is 17.8. The number of amides is 1. The minimum absolute atomic E-state index is 0.175. The Bertz CT molecular complexity index is 1320. The summed E-state index contributed by atoms with van der Waals surface area (Å²) < 4.78 is 18.5. The van der Waals surface area contributed by atoms with E-state index in [-0.39, 0.29) is 18.0 Å². The van der Waals surface area contributed by atoms with Crippen LogP contribution in [0.5, 0.6) is 0 Å². The average molecular weight is 538 g/mol. The molecule has 6 nitrogen and oxygen atoms in total. The molecule has 3 N–H and O–H groups in total. The number of fused-ring (bicyclic) bond motifs is 1. The van der Waals surface area contributed by atoms with Crippen molar-refractivity contribution in [3.8, 4) is 11.1 Å². The van der Waals surface area contributed by atoms with Crippen LogP contribution in [0.4, 0.5) is 0 Å². The summed E-state index contributed by atoms with van der Waals surface area (Å²) in [5.74, 6) is 0.402. The second-order valence-corrected chi connectivity index (χ2v) is 13.6. The second-order valence-electron chi connectivity index (χ2n) is 12.4. The molecule has 1 saturated carbocycles. The minimum Gasteiger partial charge on any atom is -0.389 e. The molecule has 0 bridgehead atoms. The highest BCUT2D eigenvalue weighted by Gasteiger charge is 2.25. The van der Waals surface area contributed by atoms with Gasteiger partial charge in [-0.2, -0.15) is 0 Å². The summed E-state index contributed by atoms with van der Waals surface area (Å²) in [6.45, 7) is 9.57. The van der Waals surface area contributed by atoms with Crippen LogP contribution in [0.3, 0.4) is 0 Å². The summed E-state index contributed by atoms with van der Waals surface area (Å²) in [6, 6.07) is 14.1. The molecule has 0 saturated heterocycles. The van der Waals surface area contributed by atoms with E-state index in [1.165, 1.54) is 32.1 Å². The Labute approximate surface area is 229 Å². The molecular weight excluding hydrogens is 494 g/mol. The molecule has 2 aromatic carbocycles. The van der Waals surface area contributed by atoms with Crippen LogP contribution < -0.4 is 10.0 Å². The van der Waals surface area contributed by atoms with Gasteiger partial charge in [-0.15, -0.1) is 0 Å². The zero-order valence-electron chi connectivity index (χ0n) is 23.7. The van der Waals surface area contributed by atoms with Gasteiger partial charge in [0, 0.05) is 30.4 Å². The highest BCUT2D eigenvalue weighted by Crippen LogP contribution is 2.38. The maximum atomic E-state index is 13.3. The first-order valence-electron chi connectivity index (χ1n) is 13.7. The summed E-state index contributed by atoms with van der Waals surface area (Å²) in [5, 5.41) is 15.0. The second kappa shape index (κ2) is 11.3. The number of aromatic nitrogens is 1. The van der Waals surface area contributed by atoms with Crippen molar-refractivity contribution in [3.05, 3.63) is 53.9 Å². The van der Waals surface area contributed by atoms with E-state index < -0.39 is 16.6 Å². The fourth-order valence-electron chi connectivity index (χ4n) is 5.39. The molecule has 1 unspecified atom stereocenters. The van der Waals surface area contributed by atoms with E-state index in [1.54, 1.807) is 13.8 Å². The Hall–Kier alpha value is -2.48. The van der Waals surface area contributed by atoms with Gasteiger partial charge in [0.05, 0.1) is 10.5 Å². The van der Waals surface area contributed by atoms with Crippen LogP contribution in [-0.2, 0) is 24.5 Å². The Morgan fingerprint density at radius 3 is 2.29 bits per heavy atom. The summed E-state index contributed by atoms with van der Waals surface area (Å²) in [4.78, 5) is 14.0. The lowest BCUT2D eigenvalue weighted by Gasteiger charge is -2.23. The molecule has 1 fully saturated rings. The highest BCUT2D eigenvalue weighted by molar-refractivity contribution is 7.83. The van der Waals surface area contributed by atoms with Crippen LogP contribution in [0.2, 0.25) is 0 Å². The number of nitrogens with one attached hydrogen (secondary N) is 2. The molecule has 206 valence electrons. The zero-order valence-corrected chi connectivity index (χ0v) is 24.5. The van der Waals surface area contributed by atoms with Crippen molar-refractivity contribution in [2.24, 2.45) is 13.0 Å². The molecule has 0 spiro atoms. The minimum atomic E-state index is -1.36. The first kappa shape index (κ1) is 28.5. The third-order valence-electron chi connectivity index (χ3n) is 7.25. The van der Waals surface area contributed by atoms with E-state index in [0.717, 1.165) is 38.9 Å². The number of nitrogens with zero attached hydrogens (tertiary/aromatic N) is 1. The van der Waals surface area contributed by atoms with Crippen molar-refractivity contribution in [2.45, 2.75) is 89.2 Å². The van der Waals surface area contributed by atoms with E-state index in [1.807, 2.05) is 62.7 Å². The molecule has 1 atom stereocenters. The number of rotatable bonds is 8. The molecule has 38 heavy (non-hydrogen) atoms. The van der Waals surface area contributed by atoms with Crippen LogP contribution in [0.1, 0.15) is 82.9 Å². The SMILES string of the molecule is Cn1c(C(=O)NCC(C)(C)O)cc(-c2ccc(S(=O)NC(C)(C)C)c3ccccc23)c1CC1CCCCC1. The van der Waals surface area contributed by atoms with Crippen LogP contribution in [0.15, 0.2) is 47.4 Å². The van der Waals surface area contributed by atoms with E-state index in [2.05, 4.69) is 22.2 Å². The quantitative estimate of drug-likeness (QED) is 0.336. The molecule has 1 amide bonds. The third-order valence-corrected chi connectivity index (χ3v) is 8.81. The van der Waals surface area contributed by atoms with Crippen molar-refractivity contribution in [1.82, 2.24) is 14.6 Å².